The van der Waals surface area contributed by atoms with Gasteiger partial charge in [0, 0.05) is 11.8 Å². The summed E-state index contributed by atoms with van der Waals surface area (Å²) in [6, 6.07) is 0. The van der Waals surface area contributed by atoms with E-state index < -0.39 is 0 Å². The zero-order valence-electron chi connectivity index (χ0n) is 6.19. The van der Waals surface area contributed by atoms with E-state index in [2.05, 4.69) is 12.2 Å². The first-order valence-electron chi connectivity index (χ1n) is 4.18. The molecule has 1 saturated carbocycles. The van der Waals surface area contributed by atoms with E-state index in [1.54, 1.807) is 0 Å². The summed E-state index contributed by atoms with van der Waals surface area (Å²) >= 11 is 2.02. The van der Waals surface area contributed by atoms with Crippen molar-refractivity contribution in [2.45, 2.75) is 0 Å². The number of allylic oxidation sites excluding steroid dienone is 2. The summed E-state index contributed by atoms with van der Waals surface area (Å²) < 4.78 is 0. The summed E-state index contributed by atoms with van der Waals surface area (Å²) in [5.41, 5.74) is 0. The third-order valence-electron chi connectivity index (χ3n) is 3.28. The van der Waals surface area contributed by atoms with Crippen LogP contribution in [0.3, 0.4) is 0 Å². The molecule has 1 aliphatic heterocycles. The number of hydrogen-bond donors (Lipinski definition) is 0. The summed E-state index contributed by atoms with van der Waals surface area (Å²) in [7, 11) is 0. The fourth-order valence-corrected chi connectivity index (χ4v) is 4.28. The van der Waals surface area contributed by atoms with Crippen molar-refractivity contribution in [3.05, 3.63) is 12.2 Å². The Morgan fingerprint density at radius 3 is 2.27 bits per heavy atom. The van der Waals surface area contributed by atoms with Gasteiger partial charge >= 0.3 is 0 Å². The summed E-state index contributed by atoms with van der Waals surface area (Å²) in [5, 5.41) is 0. The molecule has 2 aliphatic carbocycles. The fourth-order valence-electron chi connectivity index (χ4n) is 2.69. The van der Waals surface area contributed by atoms with Crippen molar-refractivity contribution in [2.75, 3.05) is 11.5 Å². The lowest BCUT2D eigenvalue weighted by Crippen LogP contribution is -2.16. The Hall–Kier alpha value is -0.240. The van der Waals surface area contributed by atoms with Crippen LogP contribution in [-0.4, -0.2) is 17.3 Å². The fraction of sp³-hybridized carbons (Fsp3) is 0.667. The zero-order valence-corrected chi connectivity index (χ0v) is 7.01. The molecule has 1 nitrogen and oxygen atoms in total. The maximum Gasteiger partial charge on any atom is 0.147 e. The molecule has 1 saturated heterocycles. The molecule has 0 spiro atoms. The first kappa shape index (κ1) is 6.30. The minimum Gasteiger partial charge on any atom is -0.298 e. The van der Waals surface area contributed by atoms with E-state index in [4.69, 9.17) is 0 Å². The molecule has 3 aliphatic rings. The molecule has 0 N–H and O–H groups in total. The molecule has 0 aromatic rings. The van der Waals surface area contributed by atoms with Gasteiger partial charge < -0.3 is 0 Å². The number of carbonyl (C=O) groups excluding carboxylic acids is 1. The number of ketones is 1. The van der Waals surface area contributed by atoms with Gasteiger partial charge in [0.25, 0.3) is 0 Å². The topological polar surface area (TPSA) is 17.1 Å². The largest absolute Gasteiger partial charge is 0.298 e. The lowest BCUT2D eigenvalue weighted by molar-refractivity contribution is -0.121. The van der Waals surface area contributed by atoms with Gasteiger partial charge in [0.15, 0.2) is 0 Å². The summed E-state index contributed by atoms with van der Waals surface area (Å²) in [5.74, 6) is 5.02. The van der Waals surface area contributed by atoms with Crippen molar-refractivity contribution in [3.63, 3.8) is 0 Å². The third-order valence-corrected chi connectivity index (χ3v) is 4.52. The maximum atomic E-state index is 11.5. The van der Waals surface area contributed by atoms with Gasteiger partial charge in [-0.15, -0.1) is 0 Å². The zero-order chi connectivity index (χ0) is 7.42. The molecule has 3 rings (SSSR count). The van der Waals surface area contributed by atoms with Crippen LogP contribution in [0.1, 0.15) is 0 Å². The molecule has 0 aromatic carbocycles. The molecule has 0 unspecified atom stereocenters. The van der Waals surface area contributed by atoms with Crippen molar-refractivity contribution in [3.8, 4) is 0 Å². The molecule has 4 atom stereocenters. The van der Waals surface area contributed by atoms with Crippen LogP contribution in [0.2, 0.25) is 0 Å². The summed E-state index contributed by atoms with van der Waals surface area (Å²) in [4.78, 5) is 11.5. The quantitative estimate of drug-likeness (QED) is 0.505. The second-order valence-electron chi connectivity index (χ2n) is 3.70. The van der Waals surface area contributed by atoms with Crippen molar-refractivity contribution >= 4 is 17.5 Å². The predicted octanol–water partition coefficient (Wildman–Crippen LogP) is 1.35. The van der Waals surface area contributed by atoms with E-state index in [1.165, 1.54) is 11.5 Å². The Kier molecular flexibility index (Phi) is 1.10. The van der Waals surface area contributed by atoms with Crippen LogP contribution in [0, 0.1) is 23.7 Å². The van der Waals surface area contributed by atoms with E-state index in [0.717, 1.165) is 0 Å². The highest BCUT2D eigenvalue weighted by Crippen LogP contribution is 2.51. The molecule has 2 fully saturated rings. The Bertz CT molecular complexity index is 224. The van der Waals surface area contributed by atoms with Gasteiger partial charge in [-0.2, -0.15) is 11.8 Å². The first-order valence-corrected chi connectivity index (χ1v) is 5.33. The van der Waals surface area contributed by atoms with Crippen molar-refractivity contribution < 1.29 is 4.79 Å². The SMILES string of the molecule is O=C1[C@H]2C=C[C@@H]1[C@@H]1CSC[C@@H]12. The van der Waals surface area contributed by atoms with Crippen LogP contribution >= 0.6 is 11.8 Å². The van der Waals surface area contributed by atoms with Crippen LogP contribution in [0.25, 0.3) is 0 Å². The summed E-state index contributed by atoms with van der Waals surface area (Å²) in [6.07, 6.45) is 4.28. The Labute approximate surface area is 70.2 Å². The second kappa shape index (κ2) is 1.92. The maximum absolute atomic E-state index is 11.5. The molecule has 58 valence electrons. The van der Waals surface area contributed by atoms with Crippen molar-refractivity contribution in [1.82, 2.24) is 0 Å². The number of fused-ring (bicyclic) bond motifs is 5. The monoisotopic (exact) mass is 166 g/mol. The highest BCUT2D eigenvalue weighted by Gasteiger charge is 2.52. The van der Waals surface area contributed by atoms with Crippen molar-refractivity contribution in [2.24, 2.45) is 23.7 Å². The average Bonchev–Trinajstić information content (AvgIpc) is 2.61. The van der Waals surface area contributed by atoms with Crippen LogP contribution in [0.15, 0.2) is 12.2 Å². The smallest absolute Gasteiger partial charge is 0.147 e. The van der Waals surface area contributed by atoms with Gasteiger partial charge in [0.05, 0.1) is 0 Å². The Morgan fingerprint density at radius 1 is 1.18 bits per heavy atom. The normalized spacial score (nSPS) is 52.2. The number of rotatable bonds is 0. The molecule has 0 radical (unpaired) electrons. The highest BCUT2D eigenvalue weighted by atomic mass is 32.2. The number of carbonyl (C=O) groups is 1. The molecule has 0 aromatic heterocycles. The van der Waals surface area contributed by atoms with E-state index in [1.807, 2.05) is 11.8 Å². The average molecular weight is 166 g/mol. The van der Waals surface area contributed by atoms with Crippen LogP contribution in [0.4, 0.5) is 0 Å². The van der Waals surface area contributed by atoms with Crippen molar-refractivity contribution in [1.29, 1.82) is 0 Å². The number of thioether (sulfide) groups is 1. The van der Waals surface area contributed by atoms with Gasteiger partial charge in [-0.25, -0.2) is 0 Å². The minimum atomic E-state index is 0.319. The molecule has 0 amide bonds. The Balaban J connectivity index is 2.05. The Morgan fingerprint density at radius 2 is 1.73 bits per heavy atom. The predicted molar refractivity (Wildman–Crippen MR) is 45.4 cm³/mol. The molecular weight excluding hydrogens is 156 g/mol. The molecule has 11 heavy (non-hydrogen) atoms. The minimum absolute atomic E-state index is 0.319. The van der Waals surface area contributed by atoms with Gasteiger partial charge in [-0.05, 0) is 23.3 Å². The molecule has 1 heterocycles. The molecular formula is C9H10OS. The number of hydrogen-bond acceptors (Lipinski definition) is 2. The van der Waals surface area contributed by atoms with Gasteiger partial charge in [0.1, 0.15) is 5.78 Å². The van der Waals surface area contributed by atoms with E-state index >= 15 is 0 Å². The van der Waals surface area contributed by atoms with E-state index in [9.17, 15) is 4.79 Å². The molecule has 2 heteroatoms. The van der Waals surface area contributed by atoms with Gasteiger partial charge in [0.2, 0.25) is 0 Å². The van der Waals surface area contributed by atoms with Gasteiger partial charge in [-0.3, -0.25) is 4.79 Å². The lowest BCUT2D eigenvalue weighted by Gasteiger charge is -2.16. The second-order valence-corrected chi connectivity index (χ2v) is 4.78. The summed E-state index contributed by atoms with van der Waals surface area (Å²) in [6.45, 7) is 0. The standard InChI is InChI=1S/C9H10OS/c10-9-5-1-2-6(9)8-4-11-3-7(5)8/h1-2,5-8H,3-4H2/t5-,6+,7+,8-. The van der Waals surface area contributed by atoms with Crippen LogP contribution in [0.5, 0.6) is 0 Å². The third kappa shape index (κ3) is 0.621. The van der Waals surface area contributed by atoms with E-state index in [0.29, 0.717) is 29.5 Å². The highest BCUT2D eigenvalue weighted by molar-refractivity contribution is 7.99. The molecule has 2 bridgehead atoms. The van der Waals surface area contributed by atoms with Crippen LogP contribution < -0.4 is 0 Å². The van der Waals surface area contributed by atoms with Gasteiger partial charge in [-0.1, -0.05) is 12.2 Å². The van der Waals surface area contributed by atoms with Crippen LogP contribution in [-0.2, 0) is 4.79 Å². The lowest BCUT2D eigenvalue weighted by atomic mass is 9.86. The first-order chi connectivity index (χ1) is 5.38. The number of Topliss-reactive ketones (excluding diaryl/α,β-unsaturated/α-hetero) is 1. The van der Waals surface area contributed by atoms with E-state index in [-0.39, 0.29) is 0 Å².